The highest BCUT2D eigenvalue weighted by Crippen LogP contribution is 2.29. The maximum Gasteiger partial charge on any atom is 0.238 e. The molecule has 17 heavy (non-hydrogen) atoms. The highest BCUT2D eigenvalue weighted by molar-refractivity contribution is 5.85. The second-order valence-corrected chi connectivity index (χ2v) is 4.35. The molecule has 1 aliphatic heterocycles. The number of aromatic nitrogens is 4. The van der Waals surface area contributed by atoms with Gasteiger partial charge in [-0.3, -0.25) is 0 Å². The van der Waals surface area contributed by atoms with Gasteiger partial charge in [0.05, 0.1) is 5.41 Å². The van der Waals surface area contributed by atoms with Crippen LogP contribution in [0, 0.1) is 0 Å². The van der Waals surface area contributed by atoms with Crippen LogP contribution >= 0.6 is 12.4 Å². The Morgan fingerprint density at radius 3 is 3.00 bits per heavy atom. The molecule has 2 aromatic heterocycles. The first-order valence-corrected chi connectivity index (χ1v) is 5.33. The minimum Gasteiger partial charge on any atom is -0.342 e. The fourth-order valence-corrected chi connectivity index (χ4v) is 1.95. The van der Waals surface area contributed by atoms with E-state index in [1.54, 1.807) is 12.4 Å². The molecule has 2 N–H and O–H groups in total. The van der Waals surface area contributed by atoms with Crippen molar-refractivity contribution in [2.45, 2.75) is 18.8 Å². The number of hydrogen-bond acceptors (Lipinski definition) is 5. The largest absolute Gasteiger partial charge is 0.342 e. The Kier molecular flexibility index (Phi) is 3.17. The third kappa shape index (κ3) is 2.05. The zero-order chi connectivity index (χ0) is 11.0. The summed E-state index contributed by atoms with van der Waals surface area (Å²) in [5.74, 6) is 1.85. The molecule has 2 aromatic rings. The number of nitrogens with one attached hydrogen (secondary N) is 2. The fourth-order valence-electron chi connectivity index (χ4n) is 1.95. The Bertz CT molecular complexity index is 475. The molecule has 3 heterocycles. The normalized spacial score (nSPS) is 23.6. The van der Waals surface area contributed by atoms with Gasteiger partial charge in [-0.05, 0) is 19.9 Å². The molecule has 7 heteroatoms. The van der Waals surface area contributed by atoms with Gasteiger partial charge >= 0.3 is 0 Å². The summed E-state index contributed by atoms with van der Waals surface area (Å²) in [6, 6.07) is 0. The predicted octanol–water partition coefficient (Wildman–Crippen LogP) is 1.13. The van der Waals surface area contributed by atoms with Crippen molar-refractivity contribution < 1.29 is 4.52 Å². The molecule has 1 saturated heterocycles. The van der Waals surface area contributed by atoms with Crippen LogP contribution in [-0.4, -0.2) is 33.2 Å². The number of rotatable bonds is 2. The topological polar surface area (TPSA) is 79.6 Å². The first-order valence-electron chi connectivity index (χ1n) is 5.33. The van der Waals surface area contributed by atoms with Gasteiger partial charge < -0.3 is 14.8 Å². The third-order valence-electron chi connectivity index (χ3n) is 3.02. The molecule has 1 aliphatic rings. The molecule has 0 bridgehead atoms. The van der Waals surface area contributed by atoms with Gasteiger partial charge in [-0.15, -0.1) is 12.4 Å². The lowest BCUT2D eigenvalue weighted by atomic mass is 9.90. The van der Waals surface area contributed by atoms with Gasteiger partial charge in [0.15, 0.2) is 5.82 Å². The zero-order valence-electron chi connectivity index (χ0n) is 9.43. The van der Waals surface area contributed by atoms with E-state index in [0.717, 1.165) is 19.5 Å². The molecule has 6 nitrogen and oxygen atoms in total. The molecule has 0 amide bonds. The molecular weight excluding hydrogens is 242 g/mol. The Balaban J connectivity index is 0.00000108. The second-order valence-electron chi connectivity index (χ2n) is 4.35. The SMILES string of the molecule is CC1(c2nc(-c3ncc[nH]3)no2)CCNC1.Cl. The van der Waals surface area contributed by atoms with Crippen LogP contribution in [0.2, 0.25) is 0 Å². The molecule has 0 aromatic carbocycles. The number of imidazole rings is 1. The lowest BCUT2D eigenvalue weighted by Crippen LogP contribution is -2.25. The molecule has 0 radical (unpaired) electrons. The van der Waals surface area contributed by atoms with Gasteiger partial charge in [-0.25, -0.2) is 4.98 Å². The van der Waals surface area contributed by atoms with E-state index in [0.29, 0.717) is 17.5 Å². The third-order valence-corrected chi connectivity index (χ3v) is 3.02. The Morgan fingerprint density at radius 2 is 2.35 bits per heavy atom. The van der Waals surface area contributed by atoms with Crippen LogP contribution in [0.3, 0.4) is 0 Å². The molecule has 0 saturated carbocycles. The van der Waals surface area contributed by atoms with Gasteiger partial charge in [0, 0.05) is 18.9 Å². The molecule has 1 fully saturated rings. The second kappa shape index (κ2) is 4.46. The average molecular weight is 256 g/mol. The van der Waals surface area contributed by atoms with Crippen molar-refractivity contribution in [2.75, 3.05) is 13.1 Å². The summed E-state index contributed by atoms with van der Waals surface area (Å²) in [7, 11) is 0. The first-order chi connectivity index (χ1) is 7.78. The van der Waals surface area contributed by atoms with Crippen molar-refractivity contribution in [1.82, 2.24) is 25.4 Å². The Morgan fingerprint density at radius 1 is 1.47 bits per heavy atom. The van der Waals surface area contributed by atoms with E-state index in [9.17, 15) is 0 Å². The predicted molar refractivity (Wildman–Crippen MR) is 64.0 cm³/mol. The van der Waals surface area contributed by atoms with E-state index in [4.69, 9.17) is 4.52 Å². The van der Waals surface area contributed by atoms with E-state index in [1.165, 1.54) is 0 Å². The molecule has 3 rings (SSSR count). The number of aromatic amines is 1. The van der Waals surface area contributed by atoms with E-state index >= 15 is 0 Å². The summed E-state index contributed by atoms with van der Waals surface area (Å²) >= 11 is 0. The summed E-state index contributed by atoms with van der Waals surface area (Å²) in [4.78, 5) is 11.4. The van der Waals surface area contributed by atoms with Crippen LogP contribution in [0.25, 0.3) is 11.6 Å². The molecule has 0 aliphatic carbocycles. The van der Waals surface area contributed by atoms with E-state index in [1.807, 2.05) is 0 Å². The van der Waals surface area contributed by atoms with Crippen LogP contribution in [0.15, 0.2) is 16.9 Å². The first kappa shape index (κ1) is 12.1. The Hall–Kier alpha value is -1.40. The lowest BCUT2D eigenvalue weighted by molar-refractivity contribution is 0.306. The summed E-state index contributed by atoms with van der Waals surface area (Å²) in [5, 5.41) is 7.24. The fraction of sp³-hybridized carbons (Fsp3) is 0.500. The van der Waals surface area contributed by atoms with Crippen LogP contribution in [-0.2, 0) is 5.41 Å². The van der Waals surface area contributed by atoms with E-state index in [-0.39, 0.29) is 17.8 Å². The van der Waals surface area contributed by atoms with Crippen LogP contribution in [0.4, 0.5) is 0 Å². The monoisotopic (exact) mass is 255 g/mol. The number of H-pyrrole nitrogens is 1. The summed E-state index contributed by atoms with van der Waals surface area (Å²) < 4.78 is 5.31. The molecular formula is C10H14ClN5O. The smallest absolute Gasteiger partial charge is 0.238 e. The average Bonchev–Trinajstić information content (AvgIpc) is 2.98. The maximum atomic E-state index is 5.31. The highest BCUT2D eigenvalue weighted by atomic mass is 35.5. The van der Waals surface area contributed by atoms with Gasteiger partial charge in [0.2, 0.25) is 11.7 Å². The molecule has 1 unspecified atom stereocenters. The summed E-state index contributed by atoms with van der Waals surface area (Å²) in [5.41, 5.74) is -0.0438. The van der Waals surface area contributed by atoms with E-state index in [2.05, 4.69) is 32.3 Å². The van der Waals surface area contributed by atoms with Crippen molar-refractivity contribution in [2.24, 2.45) is 0 Å². The van der Waals surface area contributed by atoms with Crippen molar-refractivity contribution in [3.05, 3.63) is 18.3 Å². The maximum absolute atomic E-state index is 5.31. The Labute approximate surface area is 105 Å². The van der Waals surface area contributed by atoms with Crippen LogP contribution in [0.5, 0.6) is 0 Å². The molecule has 92 valence electrons. The van der Waals surface area contributed by atoms with Gasteiger partial charge in [0.1, 0.15) is 0 Å². The zero-order valence-corrected chi connectivity index (χ0v) is 10.3. The molecule has 0 spiro atoms. The van der Waals surface area contributed by atoms with Gasteiger partial charge in [-0.1, -0.05) is 5.16 Å². The van der Waals surface area contributed by atoms with Crippen molar-refractivity contribution in [3.8, 4) is 11.6 Å². The quantitative estimate of drug-likeness (QED) is 0.841. The van der Waals surface area contributed by atoms with E-state index < -0.39 is 0 Å². The molecule has 1 atom stereocenters. The minimum atomic E-state index is -0.0438. The van der Waals surface area contributed by atoms with Crippen molar-refractivity contribution in [1.29, 1.82) is 0 Å². The summed E-state index contributed by atoms with van der Waals surface area (Å²) in [6.07, 6.45) is 4.43. The summed E-state index contributed by atoms with van der Waals surface area (Å²) in [6.45, 7) is 4.01. The number of halogens is 1. The minimum absolute atomic E-state index is 0. The number of hydrogen-bond donors (Lipinski definition) is 2. The van der Waals surface area contributed by atoms with Crippen molar-refractivity contribution in [3.63, 3.8) is 0 Å². The van der Waals surface area contributed by atoms with Gasteiger partial charge in [0.25, 0.3) is 0 Å². The van der Waals surface area contributed by atoms with Crippen molar-refractivity contribution >= 4 is 12.4 Å². The highest BCUT2D eigenvalue weighted by Gasteiger charge is 2.36. The van der Waals surface area contributed by atoms with Crippen LogP contribution in [0.1, 0.15) is 19.2 Å². The number of nitrogens with zero attached hydrogens (tertiary/aromatic N) is 3. The van der Waals surface area contributed by atoms with Gasteiger partial charge in [-0.2, -0.15) is 4.98 Å². The lowest BCUT2D eigenvalue weighted by Gasteiger charge is -2.15. The van der Waals surface area contributed by atoms with Crippen LogP contribution < -0.4 is 5.32 Å². The standard InChI is InChI=1S/C10H13N5O.ClH/c1-10(2-3-11-6-10)9-14-8(15-16-9)7-12-4-5-13-7;/h4-5,11H,2-3,6H2,1H3,(H,12,13);1H.